The Balaban J connectivity index is 2.07. The van der Waals surface area contributed by atoms with Gasteiger partial charge < -0.3 is 14.9 Å². The van der Waals surface area contributed by atoms with Crippen LogP contribution in [0.2, 0.25) is 0 Å². The number of fused-ring (bicyclic) bond motifs is 1. The molecule has 1 aromatic heterocycles. The first-order valence-electron chi connectivity index (χ1n) is 10.7. The fraction of sp³-hybridized carbons (Fsp3) is 0.520. The van der Waals surface area contributed by atoms with Gasteiger partial charge >= 0.3 is 5.97 Å². The molecule has 2 atom stereocenters. The first-order chi connectivity index (χ1) is 14.1. The van der Waals surface area contributed by atoms with Crippen molar-refractivity contribution in [1.82, 2.24) is 4.98 Å². The maximum absolute atomic E-state index is 11.9. The van der Waals surface area contributed by atoms with E-state index < -0.39 is 6.10 Å². The first-order valence-corrected chi connectivity index (χ1v) is 10.7. The van der Waals surface area contributed by atoms with Gasteiger partial charge in [0.15, 0.2) is 6.10 Å². The average Bonchev–Trinajstić information content (AvgIpc) is 2.66. The van der Waals surface area contributed by atoms with Crippen molar-refractivity contribution in [2.45, 2.75) is 72.5 Å². The molecule has 0 aliphatic heterocycles. The van der Waals surface area contributed by atoms with Crippen molar-refractivity contribution in [3.63, 3.8) is 0 Å². The first kappa shape index (κ1) is 22.4. The maximum atomic E-state index is 11.9. The lowest BCUT2D eigenvalue weighted by Crippen LogP contribution is -2.29. The SMILES string of the molecule is CCOC(=O)c1ccc(C(O)c2c(C(C)C)nc3c(c2C)C([OH2+])CC(C)(C)C3)cc1. The van der Waals surface area contributed by atoms with Crippen molar-refractivity contribution < 1.29 is 19.7 Å². The Hall–Kier alpha value is -2.24. The van der Waals surface area contributed by atoms with Crippen molar-refractivity contribution in [2.75, 3.05) is 6.61 Å². The predicted octanol–water partition coefficient (Wildman–Crippen LogP) is 4.51. The zero-order chi connectivity index (χ0) is 22.2. The molecule has 0 fully saturated rings. The number of nitrogens with zero attached hydrogens (tertiary/aromatic N) is 1. The van der Waals surface area contributed by atoms with E-state index >= 15 is 0 Å². The monoisotopic (exact) mass is 412 g/mol. The Morgan fingerprint density at radius 2 is 1.93 bits per heavy atom. The predicted molar refractivity (Wildman–Crippen MR) is 118 cm³/mol. The number of benzene rings is 1. The number of aliphatic hydroxyl groups is 1. The third-order valence-electron chi connectivity index (χ3n) is 5.96. The van der Waals surface area contributed by atoms with Gasteiger partial charge in [0.1, 0.15) is 6.10 Å². The lowest BCUT2D eigenvalue weighted by Gasteiger charge is -2.34. The molecule has 3 N–H and O–H groups in total. The Labute approximate surface area is 179 Å². The van der Waals surface area contributed by atoms with E-state index in [1.165, 1.54) is 0 Å². The van der Waals surface area contributed by atoms with Gasteiger partial charge in [0.25, 0.3) is 0 Å². The number of pyridine rings is 1. The van der Waals surface area contributed by atoms with Gasteiger partial charge in [-0.3, -0.25) is 4.98 Å². The molecule has 0 radical (unpaired) electrons. The molecule has 1 aromatic carbocycles. The van der Waals surface area contributed by atoms with Crippen LogP contribution in [-0.4, -0.2) is 27.8 Å². The minimum Gasteiger partial charge on any atom is -0.462 e. The molecule has 0 spiro atoms. The highest BCUT2D eigenvalue weighted by Gasteiger charge is 2.38. The van der Waals surface area contributed by atoms with E-state index in [4.69, 9.17) is 14.8 Å². The number of hydrogen-bond donors (Lipinski definition) is 1. The summed E-state index contributed by atoms with van der Waals surface area (Å²) in [6.45, 7) is 12.7. The Morgan fingerprint density at radius 1 is 1.30 bits per heavy atom. The highest BCUT2D eigenvalue weighted by Crippen LogP contribution is 2.44. The summed E-state index contributed by atoms with van der Waals surface area (Å²) in [7, 11) is 0. The number of esters is 1. The summed E-state index contributed by atoms with van der Waals surface area (Å²) in [5, 5.41) is 20.0. The van der Waals surface area contributed by atoms with Crippen molar-refractivity contribution in [2.24, 2.45) is 5.41 Å². The van der Waals surface area contributed by atoms with Gasteiger partial charge in [-0.25, -0.2) is 4.79 Å². The van der Waals surface area contributed by atoms with Crippen LogP contribution in [0.1, 0.15) is 103 Å². The van der Waals surface area contributed by atoms with Crippen LogP contribution in [0.15, 0.2) is 24.3 Å². The van der Waals surface area contributed by atoms with Gasteiger partial charge in [0.2, 0.25) is 0 Å². The third-order valence-corrected chi connectivity index (χ3v) is 5.96. The Morgan fingerprint density at radius 3 is 2.50 bits per heavy atom. The van der Waals surface area contributed by atoms with E-state index in [0.29, 0.717) is 17.7 Å². The van der Waals surface area contributed by atoms with Gasteiger partial charge in [-0.2, -0.15) is 0 Å². The number of rotatable bonds is 5. The van der Waals surface area contributed by atoms with Gasteiger partial charge in [-0.1, -0.05) is 39.8 Å². The van der Waals surface area contributed by atoms with E-state index in [1.807, 2.05) is 6.92 Å². The molecule has 2 unspecified atom stereocenters. The Bertz CT molecular complexity index is 931. The van der Waals surface area contributed by atoms with Crippen LogP contribution in [0.4, 0.5) is 0 Å². The van der Waals surface area contributed by atoms with Crippen molar-refractivity contribution >= 4 is 5.97 Å². The lowest BCUT2D eigenvalue weighted by molar-refractivity contribution is 0.0526. The lowest BCUT2D eigenvalue weighted by atomic mass is 9.72. The second-order valence-electron chi connectivity index (χ2n) is 9.39. The minimum absolute atomic E-state index is 0.0518. The number of aliphatic hydroxyl groups excluding tert-OH is 1. The molecule has 0 amide bonds. The summed E-state index contributed by atoms with van der Waals surface area (Å²) in [5.74, 6) is -0.223. The molecule has 0 bridgehead atoms. The zero-order valence-corrected chi connectivity index (χ0v) is 18.9. The quantitative estimate of drug-likeness (QED) is 0.579. The van der Waals surface area contributed by atoms with E-state index in [-0.39, 0.29) is 23.4 Å². The highest BCUT2D eigenvalue weighted by atomic mass is 16.5. The molecule has 0 saturated heterocycles. The summed E-state index contributed by atoms with van der Waals surface area (Å²) in [5.41, 5.74) is 5.84. The smallest absolute Gasteiger partial charge is 0.338 e. The number of carbonyl (C=O) groups excluding carboxylic acids is 1. The summed E-state index contributed by atoms with van der Waals surface area (Å²) in [4.78, 5) is 16.9. The summed E-state index contributed by atoms with van der Waals surface area (Å²) in [6, 6.07) is 6.90. The summed E-state index contributed by atoms with van der Waals surface area (Å²) in [6.07, 6.45) is 0.434. The molecule has 1 heterocycles. The normalized spacial score (nSPS) is 18.8. The zero-order valence-electron chi connectivity index (χ0n) is 18.9. The molecule has 2 aromatic rings. The fourth-order valence-corrected chi connectivity index (χ4v) is 4.56. The summed E-state index contributed by atoms with van der Waals surface area (Å²) >= 11 is 0. The van der Waals surface area contributed by atoms with Crippen LogP contribution in [-0.2, 0) is 11.2 Å². The van der Waals surface area contributed by atoms with E-state index in [0.717, 1.165) is 40.9 Å². The number of hydrogen-bond acceptors (Lipinski definition) is 4. The molecule has 1 aliphatic rings. The molecule has 162 valence electrons. The molecule has 3 rings (SSSR count). The van der Waals surface area contributed by atoms with Gasteiger partial charge in [0.05, 0.1) is 23.4 Å². The van der Waals surface area contributed by atoms with E-state index in [1.54, 1.807) is 31.2 Å². The van der Waals surface area contributed by atoms with Crippen molar-refractivity contribution in [1.29, 1.82) is 0 Å². The molecule has 30 heavy (non-hydrogen) atoms. The van der Waals surface area contributed by atoms with Crippen LogP contribution in [0.3, 0.4) is 0 Å². The van der Waals surface area contributed by atoms with Crippen LogP contribution in [0.25, 0.3) is 0 Å². The molecular formula is C25H34NO4+. The van der Waals surface area contributed by atoms with E-state index in [2.05, 4.69) is 27.7 Å². The van der Waals surface area contributed by atoms with Crippen LogP contribution in [0.5, 0.6) is 0 Å². The molecule has 5 heteroatoms. The fourth-order valence-electron chi connectivity index (χ4n) is 4.56. The largest absolute Gasteiger partial charge is 0.462 e. The Kier molecular flexibility index (Phi) is 6.34. The van der Waals surface area contributed by atoms with Crippen LogP contribution < -0.4 is 0 Å². The van der Waals surface area contributed by atoms with E-state index in [9.17, 15) is 9.90 Å². The molecule has 5 nitrogen and oxygen atoms in total. The molecule has 0 saturated carbocycles. The average molecular weight is 413 g/mol. The van der Waals surface area contributed by atoms with Gasteiger partial charge in [-0.05, 0) is 54.9 Å². The standard InChI is InChI=1S/C25H33NO4/c1-7-30-24(29)17-10-8-16(9-11-17)23(28)21-15(4)20-18(26-22(21)14(2)3)12-25(5,6)13-19(20)27/h8-11,14,19,23,27-28H,7,12-13H2,1-6H3/p+1. The van der Waals surface area contributed by atoms with Crippen LogP contribution in [0, 0.1) is 12.3 Å². The van der Waals surface area contributed by atoms with Crippen molar-refractivity contribution in [3.05, 3.63) is 63.5 Å². The van der Waals surface area contributed by atoms with Gasteiger partial charge in [0, 0.05) is 17.7 Å². The molecule has 1 aliphatic carbocycles. The highest BCUT2D eigenvalue weighted by molar-refractivity contribution is 5.89. The second kappa shape index (κ2) is 8.48. The van der Waals surface area contributed by atoms with Crippen LogP contribution >= 0.6 is 0 Å². The molecular weight excluding hydrogens is 378 g/mol. The maximum Gasteiger partial charge on any atom is 0.338 e. The minimum atomic E-state index is -0.862. The summed E-state index contributed by atoms with van der Waals surface area (Å²) < 4.78 is 5.04. The van der Waals surface area contributed by atoms with Gasteiger partial charge in [-0.15, -0.1) is 0 Å². The number of aromatic nitrogens is 1. The second-order valence-corrected chi connectivity index (χ2v) is 9.39. The van der Waals surface area contributed by atoms with Crippen molar-refractivity contribution in [3.8, 4) is 0 Å². The number of carbonyl (C=O) groups is 1. The third kappa shape index (κ3) is 4.28. The number of ether oxygens (including phenoxy) is 1. The topological polar surface area (TPSA) is 82.3 Å².